The van der Waals surface area contributed by atoms with Gasteiger partial charge in [0.05, 0.1) is 0 Å². The van der Waals surface area contributed by atoms with Gasteiger partial charge in [0, 0.05) is 32.2 Å². The van der Waals surface area contributed by atoms with Gasteiger partial charge in [-0.3, -0.25) is 0 Å². The molecule has 0 radical (unpaired) electrons. The van der Waals surface area contributed by atoms with Crippen molar-refractivity contribution in [3.8, 4) is 0 Å². The second-order valence-corrected chi connectivity index (χ2v) is 4.01. The Bertz CT molecular complexity index is 304. The minimum Gasteiger partial charge on any atom is -0.381 e. The van der Waals surface area contributed by atoms with Gasteiger partial charge in [-0.05, 0) is 12.8 Å². The molecule has 0 aliphatic carbocycles. The Labute approximate surface area is 83.3 Å². The van der Waals surface area contributed by atoms with Gasteiger partial charge in [0.25, 0.3) is 0 Å². The van der Waals surface area contributed by atoms with E-state index in [-0.39, 0.29) is 5.54 Å². The van der Waals surface area contributed by atoms with E-state index < -0.39 is 0 Å². The lowest BCUT2D eigenvalue weighted by atomic mass is 9.87. The zero-order valence-corrected chi connectivity index (χ0v) is 8.44. The van der Waals surface area contributed by atoms with E-state index in [9.17, 15) is 0 Å². The van der Waals surface area contributed by atoms with Crippen molar-refractivity contribution >= 4 is 0 Å². The third kappa shape index (κ3) is 1.93. The van der Waals surface area contributed by atoms with Crippen molar-refractivity contribution in [3.05, 3.63) is 12.2 Å². The van der Waals surface area contributed by atoms with Gasteiger partial charge in [-0.25, -0.2) is 0 Å². The van der Waals surface area contributed by atoms with E-state index in [0.29, 0.717) is 0 Å². The first kappa shape index (κ1) is 9.61. The first-order valence-corrected chi connectivity index (χ1v) is 4.89. The van der Waals surface area contributed by atoms with Crippen molar-refractivity contribution in [2.75, 3.05) is 13.2 Å². The molecule has 2 heterocycles. The Hall–Kier alpha value is -0.940. The molecule has 1 aromatic heterocycles. The highest BCUT2D eigenvalue weighted by Gasteiger charge is 2.29. The number of aryl methyl sites for hydroxylation is 1. The van der Waals surface area contributed by atoms with Crippen molar-refractivity contribution in [2.45, 2.75) is 24.8 Å². The summed E-state index contributed by atoms with van der Waals surface area (Å²) in [6.07, 6.45) is 4.30. The minimum atomic E-state index is -0.154. The van der Waals surface area contributed by atoms with Crippen LogP contribution in [0.1, 0.15) is 18.7 Å². The molecule has 0 unspecified atom stereocenters. The molecule has 0 bridgehead atoms. The average molecular weight is 196 g/mol. The molecule has 0 amide bonds. The number of ether oxygens (including phenoxy) is 1. The van der Waals surface area contributed by atoms with E-state index >= 15 is 0 Å². The highest BCUT2D eigenvalue weighted by atomic mass is 16.5. The van der Waals surface area contributed by atoms with Crippen molar-refractivity contribution in [1.82, 2.24) is 14.8 Å². The topological polar surface area (TPSA) is 66.0 Å². The number of rotatable bonds is 2. The summed E-state index contributed by atoms with van der Waals surface area (Å²) < 4.78 is 7.21. The molecule has 1 fully saturated rings. The molecule has 5 nitrogen and oxygen atoms in total. The van der Waals surface area contributed by atoms with Crippen LogP contribution >= 0.6 is 0 Å². The number of nitrogens with zero attached hydrogens (tertiary/aromatic N) is 3. The summed E-state index contributed by atoms with van der Waals surface area (Å²) in [5, 5.41) is 7.89. The molecule has 1 saturated heterocycles. The maximum Gasteiger partial charge on any atom is 0.134 e. The third-order valence-electron chi connectivity index (χ3n) is 2.80. The fraction of sp³-hybridized carbons (Fsp3) is 0.778. The minimum absolute atomic E-state index is 0.154. The standard InChI is InChI=1S/C9H16N4O/c1-13-7-11-12-8(13)6-9(10)2-4-14-5-3-9/h7H,2-6,10H2,1H3. The van der Waals surface area contributed by atoms with Crippen LogP contribution in [0, 0.1) is 0 Å². The summed E-state index contributed by atoms with van der Waals surface area (Å²) in [5.74, 6) is 0.953. The Kier molecular flexibility index (Phi) is 2.52. The van der Waals surface area contributed by atoms with Gasteiger partial charge < -0.3 is 15.0 Å². The van der Waals surface area contributed by atoms with Crippen molar-refractivity contribution in [1.29, 1.82) is 0 Å². The Morgan fingerprint density at radius 2 is 2.29 bits per heavy atom. The van der Waals surface area contributed by atoms with Gasteiger partial charge in [0.15, 0.2) is 0 Å². The molecule has 0 atom stereocenters. The van der Waals surface area contributed by atoms with E-state index in [1.54, 1.807) is 6.33 Å². The van der Waals surface area contributed by atoms with Gasteiger partial charge in [-0.1, -0.05) is 0 Å². The molecular formula is C9H16N4O. The molecular weight excluding hydrogens is 180 g/mol. The van der Waals surface area contributed by atoms with Crippen LogP contribution in [0.15, 0.2) is 6.33 Å². The van der Waals surface area contributed by atoms with Crippen LogP contribution in [0.5, 0.6) is 0 Å². The van der Waals surface area contributed by atoms with Crippen molar-refractivity contribution < 1.29 is 4.74 Å². The molecule has 5 heteroatoms. The van der Waals surface area contributed by atoms with Crippen molar-refractivity contribution in [2.24, 2.45) is 12.8 Å². The normalized spacial score (nSPS) is 21.0. The van der Waals surface area contributed by atoms with Gasteiger partial charge in [-0.15, -0.1) is 10.2 Å². The Balaban J connectivity index is 2.05. The van der Waals surface area contributed by atoms with Crippen LogP contribution in [0.25, 0.3) is 0 Å². The van der Waals surface area contributed by atoms with Gasteiger partial charge in [-0.2, -0.15) is 0 Å². The van der Waals surface area contributed by atoms with Crippen LogP contribution in [0.3, 0.4) is 0 Å². The van der Waals surface area contributed by atoms with Gasteiger partial charge in [0.1, 0.15) is 12.2 Å². The lowest BCUT2D eigenvalue weighted by molar-refractivity contribution is 0.0524. The van der Waals surface area contributed by atoms with Gasteiger partial charge >= 0.3 is 0 Å². The van der Waals surface area contributed by atoms with Crippen LogP contribution in [0.4, 0.5) is 0 Å². The predicted octanol–water partition coefficient (Wildman–Crippen LogP) is -0.135. The van der Waals surface area contributed by atoms with Crippen LogP contribution < -0.4 is 5.73 Å². The van der Waals surface area contributed by atoms with Crippen LogP contribution in [-0.4, -0.2) is 33.5 Å². The van der Waals surface area contributed by atoms with E-state index in [0.717, 1.165) is 38.3 Å². The maximum absolute atomic E-state index is 6.26. The second kappa shape index (κ2) is 3.67. The van der Waals surface area contributed by atoms with E-state index in [1.807, 2.05) is 11.6 Å². The molecule has 0 spiro atoms. The molecule has 1 aliphatic heterocycles. The number of aromatic nitrogens is 3. The van der Waals surface area contributed by atoms with Crippen LogP contribution in [0.2, 0.25) is 0 Å². The summed E-state index contributed by atoms with van der Waals surface area (Å²) in [5.41, 5.74) is 6.10. The number of nitrogens with two attached hydrogens (primary N) is 1. The molecule has 1 aliphatic rings. The molecule has 78 valence electrons. The second-order valence-electron chi connectivity index (χ2n) is 4.01. The summed E-state index contributed by atoms with van der Waals surface area (Å²) in [6, 6.07) is 0. The maximum atomic E-state index is 6.26. The predicted molar refractivity (Wildman–Crippen MR) is 51.7 cm³/mol. The van der Waals surface area contributed by atoms with E-state index in [1.165, 1.54) is 0 Å². The fourth-order valence-corrected chi connectivity index (χ4v) is 1.74. The number of hydrogen-bond acceptors (Lipinski definition) is 4. The third-order valence-corrected chi connectivity index (χ3v) is 2.80. The molecule has 0 saturated carbocycles. The molecule has 14 heavy (non-hydrogen) atoms. The van der Waals surface area contributed by atoms with Gasteiger partial charge in [0.2, 0.25) is 0 Å². The Morgan fingerprint density at radius 3 is 2.86 bits per heavy atom. The SMILES string of the molecule is Cn1cnnc1CC1(N)CCOCC1. The fourth-order valence-electron chi connectivity index (χ4n) is 1.74. The zero-order valence-electron chi connectivity index (χ0n) is 8.44. The lowest BCUT2D eigenvalue weighted by Gasteiger charge is -2.32. The quantitative estimate of drug-likeness (QED) is 0.715. The smallest absolute Gasteiger partial charge is 0.134 e. The molecule has 1 aromatic rings. The Morgan fingerprint density at radius 1 is 1.57 bits per heavy atom. The highest BCUT2D eigenvalue weighted by Crippen LogP contribution is 2.21. The first-order chi connectivity index (χ1) is 6.70. The van der Waals surface area contributed by atoms with E-state index in [4.69, 9.17) is 10.5 Å². The van der Waals surface area contributed by atoms with E-state index in [2.05, 4.69) is 10.2 Å². The zero-order chi connectivity index (χ0) is 10.0. The number of hydrogen-bond donors (Lipinski definition) is 1. The molecule has 2 N–H and O–H groups in total. The monoisotopic (exact) mass is 196 g/mol. The molecule has 2 rings (SSSR count). The van der Waals surface area contributed by atoms with Crippen LogP contribution in [-0.2, 0) is 18.2 Å². The molecule has 0 aromatic carbocycles. The summed E-state index contributed by atoms with van der Waals surface area (Å²) >= 11 is 0. The largest absolute Gasteiger partial charge is 0.381 e. The summed E-state index contributed by atoms with van der Waals surface area (Å²) in [4.78, 5) is 0. The van der Waals surface area contributed by atoms with Crippen molar-refractivity contribution in [3.63, 3.8) is 0 Å². The summed E-state index contributed by atoms with van der Waals surface area (Å²) in [7, 11) is 1.94. The lowest BCUT2D eigenvalue weighted by Crippen LogP contribution is -2.47. The average Bonchev–Trinajstić information content (AvgIpc) is 2.52. The highest BCUT2D eigenvalue weighted by molar-refractivity contribution is 4.98. The summed E-state index contributed by atoms with van der Waals surface area (Å²) in [6.45, 7) is 1.52. The first-order valence-electron chi connectivity index (χ1n) is 4.89.